The third kappa shape index (κ3) is 3.50. The predicted octanol–water partition coefficient (Wildman–Crippen LogP) is 3.41. The third-order valence-electron chi connectivity index (χ3n) is 2.38. The molecule has 0 aliphatic carbocycles. The summed E-state index contributed by atoms with van der Waals surface area (Å²) in [4.78, 5) is 4.01. The lowest BCUT2D eigenvalue weighted by Crippen LogP contribution is -2.11. The monoisotopic (exact) mass is 376 g/mol. The summed E-state index contributed by atoms with van der Waals surface area (Å²) in [6, 6.07) is 4.86. The Morgan fingerprint density at radius 1 is 1.45 bits per heavy atom. The maximum absolute atomic E-state index is 12.2. The molecule has 0 spiro atoms. The molecule has 0 aromatic carbocycles. The van der Waals surface area contributed by atoms with Crippen LogP contribution in [0, 0.1) is 6.92 Å². The summed E-state index contributed by atoms with van der Waals surface area (Å²) in [6.45, 7) is 4.22. The van der Waals surface area contributed by atoms with Gasteiger partial charge in [-0.25, -0.2) is 13.4 Å². The highest BCUT2D eigenvalue weighted by molar-refractivity contribution is 9.11. The molecule has 0 unspecified atom stereocenters. The van der Waals surface area contributed by atoms with Crippen molar-refractivity contribution in [1.82, 2.24) is 4.98 Å². The first-order chi connectivity index (χ1) is 9.42. The molecule has 108 valence electrons. The van der Waals surface area contributed by atoms with Crippen molar-refractivity contribution in [3.05, 3.63) is 33.7 Å². The van der Waals surface area contributed by atoms with E-state index >= 15 is 0 Å². The second-order valence-corrected chi connectivity index (χ2v) is 8.23. The summed E-state index contributed by atoms with van der Waals surface area (Å²) in [7, 11) is -3.58. The zero-order valence-corrected chi connectivity index (χ0v) is 14.1. The van der Waals surface area contributed by atoms with Gasteiger partial charge in [0.25, 0.3) is 10.0 Å². The summed E-state index contributed by atoms with van der Waals surface area (Å²) < 4.78 is 33.2. The molecule has 2 aromatic heterocycles. The van der Waals surface area contributed by atoms with E-state index in [9.17, 15) is 8.42 Å². The van der Waals surface area contributed by atoms with E-state index in [2.05, 4.69) is 25.6 Å². The summed E-state index contributed by atoms with van der Waals surface area (Å²) in [5.74, 6) is 0.463. The van der Waals surface area contributed by atoms with E-state index < -0.39 is 10.0 Å². The second-order valence-electron chi connectivity index (χ2n) is 3.95. The van der Waals surface area contributed by atoms with Crippen molar-refractivity contribution in [1.29, 1.82) is 0 Å². The Kier molecular flexibility index (Phi) is 4.66. The van der Waals surface area contributed by atoms with Gasteiger partial charge in [0.05, 0.1) is 22.3 Å². The van der Waals surface area contributed by atoms with Gasteiger partial charge in [0, 0.05) is 6.07 Å². The number of thiophene rings is 1. The Hall–Kier alpha value is -1.12. The summed E-state index contributed by atoms with van der Waals surface area (Å²) in [5, 5.41) is 0. The molecule has 0 amide bonds. The first-order valence-corrected chi connectivity index (χ1v) is 8.89. The van der Waals surface area contributed by atoms with Gasteiger partial charge in [0.15, 0.2) is 0 Å². The lowest BCUT2D eigenvalue weighted by molar-refractivity contribution is 0.327. The number of nitrogens with zero attached hydrogens (tertiary/aromatic N) is 1. The molecule has 0 aliphatic heterocycles. The molecule has 1 N–H and O–H groups in total. The lowest BCUT2D eigenvalue weighted by Gasteiger charge is -2.06. The molecule has 0 bridgehead atoms. The highest BCUT2D eigenvalue weighted by Crippen LogP contribution is 2.31. The predicted molar refractivity (Wildman–Crippen MR) is 83.0 cm³/mol. The largest absolute Gasteiger partial charge is 0.478 e. The molecule has 0 aliphatic rings. The Labute approximate surface area is 130 Å². The molecule has 8 heteroatoms. The van der Waals surface area contributed by atoms with Gasteiger partial charge in [-0.2, -0.15) is 0 Å². The minimum atomic E-state index is -3.58. The highest BCUT2D eigenvalue weighted by atomic mass is 79.9. The van der Waals surface area contributed by atoms with E-state index in [1.165, 1.54) is 17.5 Å². The number of rotatable bonds is 5. The van der Waals surface area contributed by atoms with Crippen LogP contribution < -0.4 is 9.46 Å². The van der Waals surface area contributed by atoms with Crippen LogP contribution in [0.1, 0.15) is 12.5 Å². The SMILES string of the molecule is CCOc1ccc(NS(=O)(=O)c2cc(C)c(Br)s2)cn1. The van der Waals surface area contributed by atoms with Gasteiger partial charge in [-0.1, -0.05) is 0 Å². The van der Waals surface area contributed by atoms with Crippen molar-refractivity contribution in [2.75, 3.05) is 11.3 Å². The Morgan fingerprint density at radius 2 is 2.20 bits per heavy atom. The number of pyridine rings is 1. The van der Waals surface area contributed by atoms with Gasteiger partial charge in [-0.05, 0) is 47.5 Å². The number of aromatic nitrogens is 1. The number of nitrogens with one attached hydrogen (secondary N) is 1. The van der Waals surface area contributed by atoms with Crippen LogP contribution in [0.2, 0.25) is 0 Å². The zero-order chi connectivity index (χ0) is 14.8. The van der Waals surface area contributed by atoms with Gasteiger partial charge in [-0.15, -0.1) is 11.3 Å². The van der Waals surface area contributed by atoms with Crippen LogP contribution in [-0.2, 0) is 10.0 Å². The average Bonchev–Trinajstić information content (AvgIpc) is 2.73. The van der Waals surface area contributed by atoms with Gasteiger partial charge >= 0.3 is 0 Å². The number of hydrogen-bond acceptors (Lipinski definition) is 5. The molecule has 0 fully saturated rings. The molecule has 2 rings (SSSR count). The summed E-state index contributed by atoms with van der Waals surface area (Å²) >= 11 is 4.49. The van der Waals surface area contributed by atoms with Crippen LogP contribution in [0.5, 0.6) is 5.88 Å². The number of anilines is 1. The maximum Gasteiger partial charge on any atom is 0.271 e. The molecule has 20 heavy (non-hydrogen) atoms. The Bertz CT molecular complexity index is 676. The van der Waals surface area contributed by atoms with Crippen LogP contribution >= 0.6 is 27.3 Å². The number of halogens is 1. The summed E-state index contributed by atoms with van der Waals surface area (Å²) in [5.41, 5.74) is 1.29. The van der Waals surface area contributed by atoms with Crippen LogP contribution in [0.15, 0.2) is 32.4 Å². The van der Waals surface area contributed by atoms with Gasteiger partial charge in [0.2, 0.25) is 5.88 Å². The lowest BCUT2D eigenvalue weighted by atomic mass is 10.4. The number of hydrogen-bond donors (Lipinski definition) is 1. The maximum atomic E-state index is 12.2. The topological polar surface area (TPSA) is 68.3 Å². The minimum absolute atomic E-state index is 0.260. The number of ether oxygens (including phenoxy) is 1. The molecule has 0 radical (unpaired) electrons. The van der Waals surface area contributed by atoms with Crippen LogP contribution in [0.4, 0.5) is 5.69 Å². The fraction of sp³-hybridized carbons (Fsp3) is 0.250. The first kappa shape index (κ1) is 15.3. The van der Waals surface area contributed by atoms with Crippen LogP contribution in [0.25, 0.3) is 0 Å². The Balaban J connectivity index is 2.19. The normalized spacial score (nSPS) is 11.3. The van der Waals surface area contributed by atoms with Gasteiger partial charge in [-0.3, -0.25) is 4.72 Å². The van der Waals surface area contributed by atoms with Gasteiger partial charge < -0.3 is 4.74 Å². The third-order valence-corrected chi connectivity index (χ3v) is 6.37. The van der Waals surface area contributed by atoms with Crippen molar-refractivity contribution in [2.24, 2.45) is 0 Å². The van der Waals surface area contributed by atoms with E-state index in [1.54, 1.807) is 18.2 Å². The smallest absolute Gasteiger partial charge is 0.271 e. The number of aryl methyl sites for hydroxylation is 1. The molecule has 5 nitrogen and oxygen atoms in total. The van der Waals surface area contributed by atoms with E-state index in [1.807, 2.05) is 13.8 Å². The zero-order valence-electron chi connectivity index (χ0n) is 10.9. The fourth-order valence-corrected chi connectivity index (χ4v) is 4.71. The fourth-order valence-electron chi connectivity index (χ4n) is 1.44. The van der Waals surface area contributed by atoms with Crippen molar-refractivity contribution in [3.8, 4) is 5.88 Å². The quantitative estimate of drug-likeness (QED) is 0.867. The van der Waals surface area contributed by atoms with Gasteiger partial charge in [0.1, 0.15) is 4.21 Å². The molecule has 0 saturated heterocycles. The summed E-state index contributed by atoms with van der Waals surface area (Å²) in [6.07, 6.45) is 1.43. The van der Waals surface area contributed by atoms with Crippen molar-refractivity contribution in [2.45, 2.75) is 18.1 Å². The standard InChI is InChI=1S/C12H13BrN2O3S2/c1-3-18-10-5-4-9(7-14-10)15-20(16,17)11-6-8(2)12(13)19-11/h4-7,15H,3H2,1-2H3. The van der Waals surface area contributed by atoms with E-state index in [0.717, 1.165) is 9.35 Å². The van der Waals surface area contributed by atoms with Crippen molar-refractivity contribution < 1.29 is 13.2 Å². The molecule has 0 atom stereocenters. The Morgan fingerprint density at radius 3 is 2.70 bits per heavy atom. The van der Waals surface area contributed by atoms with E-state index in [-0.39, 0.29) is 4.21 Å². The van der Waals surface area contributed by atoms with Crippen molar-refractivity contribution in [3.63, 3.8) is 0 Å². The van der Waals surface area contributed by atoms with E-state index in [4.69, 9.17) is 4.74 Å². The minimum Gasteiger partial charge on any atom is -0.478 e. The van der Waals surface area contributed by atoms with Crippen LogP contribution in [-0.4, -0.2) is 20.0 Å². The van der Waals surface area contributed by atoms with E-state index in [0.29, 0.717) is 18.2 Å². The molecular formula is C12H13BrN2O3S2. The number of sulfonamides is 1. The average molecular weight is 377 g/mol. The molecule has 2 heterocycles. The van der Waals surface area contributed by atoms with Crippen molar-refractivity contribution >= 4 is 43.0 Å². The molecular weight excluding hydrogens is 364 g/mol. The first-order valence-electron chi connectivity index (χ1n) is 5.80. The molecule has 0 saturated carbocycles. The molecule has 2 aromatic rings. The highest BCUT2D eigenvalue weighted by Gasteiger charge is 2.18. The van der Waals surface area contributed by atoms with Crippen LogP contribution in [0.3, 0.4) is 0 Å². The second kappa shape index (κ2) is 6.11.